The Kier molecular flexibility index (Phi) is 21.2. The van der Waals surface area contributed by atoms with E-state index < -0.39 is 93.8 Å². The summed E-state index contributed by atoms with van der Waals surface area (Å²) in [5, 5.41) is 45.5. The number of aliphatic hydroxyl groups is 3. The molecule has 1 fully saturated rings. The van der Waals surface area contributed by atoms with Crippen LogP contribution >= 0.6 is 12.2 Å². The number of nitrogens with zero attached hydrogens (tertiary/aromatic N) is 3. The molecule has 0 amide bonds. The van der Waals surface area contributed by atoms with Crippen LogP contribution in [0.1, 0.15) is 31.4 Å². The van der Waals surface area contributed by atoms with E-state index in [1.54, 1.807) is 28.9 Å². The highest BCUT2D eigenvalue weighted by atomic mass is 32.2. The van der Waals surface area contributed by atoms with Gasteiger partial charge in [-0.1, -0.05) is 5.21 Å². The van der Waals surface area contributed by atoms with E-state index in [0.29, 0.717) is 50.1 Å². The van der Waals surface area contributed by atoms with Crippen molar-refractivity contribution in [3.8, 4) is 11.5 Å². The highest BCUT2D eigenvalue weighted by Crippen LogP contribution is 2.30. The summed E-state index contributed by atoms with van der Waals surface area (Å²) in [4.78, 5) is 11.7. The number of aliphatic hydroxyl groups excluding tert-OH is 3. The zero-order chi connectivity index (χ0) is 45.9. The number of aromatic nitrogens is 3. The fourth-order valence-corrected chi connectivity index (χ4v) is 6.30. The molecule has 0 radical (unpaired) electrons. The van der Waals surface area contributed by atoms with Gasteiger partial charge < -0.3 is 59.1 Å². The van der Waals surface area contributed by atoms with Gasteiger partial charge >= 0.3 is 5.97 Å². The van der Waals surface area contributed by atoms with Crippen LogP contribution in [0, 0.1) is 29.1 Å². The Bertz CT molecular complexity index is 2000. The van der Waals surface area contributed by atoms with E-state index in [-0.39, 0.29) is 45.2 Å². The second kappa shape index (κ2) is 25.9. The fourth-order valence-electron chi connectivity index (χ4n) is 5.55. The van der Waals surface area contributed by atoms with Crippen molar-refractivity contribution in [2.24, 2.45) is 0 Å². The number of nitrogens with one attached hydrogen (secondary N) is 2. The monoisotopic (exact) mass is 945 g/mol. The van der Waals surface area contributed by atoms with Gasteiger partial charge in [0.25, 0.3) is 10.1 Å². The van der Waals surface area contributed by atoms with E-state index in [4.69, 9.17) is 45.2 Å². The van der Waals surface area contributed by atoms with E-state index in [9.17, 15) is 50.5 Å². The van der Waals surface area contributed by atoms with Crippen LogP contribution in [0.4, 0.5) is 27.6 Å². The minimum Gasteiger partial charge on any atom is -0.462 e. The van der Waals surface area contributed by atoms with Gasteiger partial charge in [-0.25, -0.2) is 17.9 Å². The molecule has 5 atom stereocenters. The van der Waals surface area contributed by atoms with Crippen molar-refractivity contribution in [2.45, 2.75) is 69.4 Å². The van der Waals surface area contributed by atoms with Crippen LogP contribution < -0.4 is 20.1 Å². The zero-order valence-electron chi connectivity index (χ0n) is 33.5. The first-order valence-electron chi connectivity index (χ1n) is 19.4. The molecule has 1 aliphatic rings. The Balaban J connectivity index is 0.956. The van der Waals surface area contributed by atoms with Gasteiger partial charge in [0.05, 0.1) is 83.4 Å². The minimum atomic E-state index is -4.34. The van der Waals surface area contributed by atoms with Gasteiger partial charge in [-0.3, -0.25) is 9.35 Å². The number of carbonyl (C=O) groups excluding carboxylic acids is 1. The van der Waals surface area contributed by atoms with E-state index >= 15 is 0 Å². The van der Waals surface area contributed by atoms with Crippen molar-refractivity contribution in [3.05, 3.63) is 65.2 Å². The van der Waals surface area contributed by atoms with Gasteiger partial charge in [-0.15, -0.1) is 5.10 Å². The number of aryl methyl sites for hydroxylation is 1. The number of hydrogen-bond acceptors (Lipinski definition) is 16. The standard InChI is InChI=1S/C37H48F5N5O14S2/c38-27-28(39)30(41)35(31(42)29(27)40)61-26(48)8-12-55-14-16-57-18-19-58-17-15-56-13-11-47-21-23(45-46-47)3-1-2-10-43-37(62)44-22-4-6-24(7-5-22)59-36-34(51)33(50)32(49)25(60-36)9-20-63(52,53)54/h4-7,21,25,32-34,36,49-51H,1-3,8-20H2,(H2,43,44,62)(H,52,53,54)/t25-,32-,33+,34+,36+/m1/s1. The molecule has 2 aromatic carbocycles. The molecule has 0 unspecified atom stereocenters. The molecule has 63 heavy (non-hydrogen) atoms. The van der Waals surface area contributed by atoms with Gasteiger partial charge in [0.1, 0.15) is 24.1 Å². The number of halogens is 5. The first-order chi connectivity index (χ1) is 30.0. The van der Waals surface area contributed by atoms with Crippen LogP contribution in [0.15, 0.2) is 30.5 Å². The molecule has 3 aromatic rings. The number of anilines is 1. The number of esters is 1. The number of hydrogen-bond donors (Lipinski definition) is 6. The van der Waals surface area contributed by atoms with Crippen molar-refractivity contribution >= 4 is 39.1 Å². The van der Waals surface area contributed by atoms with Crippen LogP contribution in [0.25, 0.3) is 0 Å². The van der Waals surface area contributed by atoms with Gasteiger partial charge in [-0.2, -0.15) is 17.2 Å². The van der Waals surface area contributed by atoms with E-state index in [1.807, 2.05) is 6.20 Å². The SMILES string of the molecule is O=C(CCOCCOCCOCCOCCn1cc(CCCCNC(=S)Nc2ccc(O[C@H]3O[C@H](CCS(=O)(=O)O)[C@@H](O)[C@H](O)[C@@H]3O)cc2)nn1)Oc1c(F)c(F)c(F)c(F)c1F. The van der Waals surface area contributed by atoms with E-state index in [0.717, 1.165) is 18.5 Å². The molecule has 6 N–H and O–H groups in total. The van der Waals surface area contributed by atoms with E-state index in [1.165, 1.54) is 0 Å². The topological polar surface area (TPSA) is 252 Å². The molecular formula is C37H48F5N5O14S2. The normalized spacial score (nSPS) is 18.9. The number of ether oxygens (including phenoxy) is 7. The zero-order valence-corrected chi connectivity index (χ0v) is 35.1. The summed E-state index contributed by atoms with van der Waals surface area (Å²) in [6.45, 7) is 2.57. The van der Waals surface area contributed by atoms with Crippen molar-refractivity contribution in [3.63, 3.8) is 0 Å². The summed E-state index contributed by atoms with van der Waals surface area (Å²) < 4.78 is 136. The molecule has 0 spiro atoms. The number of unbranched alkanes of at least 4 members (excludes halogenated alkanes) is 1. The maximum atomic E-state index is 13.6. The lowest BCUT2D eigenvalue weighted by Crippen LogP contribution is -2.59. The third-order valence-corrected chi connectivity index (χ3v) is 9.84. The Morgan fingerprint density at radius 2 is 1.40 bits per heavy atom. The maximum absolute atomic E-state index is 13.6. The second-order valence-corrected chi connectivity index (χ2v) is 15.6. The summed E-state index contributed by atoms with van der Waals surface area (Å²) in [5.41, 5.74) is 1.45. The largest absolute Gasteiger partial charge is 0.462 e. The van der Waals surface area contributed by atoms with Gasteiger partial charge in [0.15, 0.2) is 5.11 Å². The molecule has 0 saturated carbocycles. The molecule has 0 bridgehead atoms. The maximum Gasteiger partial charge on any atom is 0.313 e. The molecule has 0 aliphatic carbocycles. The molecule has 1 saturated heterocycles. The molecule has 2 heterocycles. The van der Waals surface area contributed by atoms with Crippen molar-refractivity contribution < 1.29 is 88.2 Å². The summed E-state index contributed by atoms with van der Waals surface area (Å²) >= 11 is 5.37. The van der Waals surface area contributed by atoms with Crippen LogP contribution in [0.5, 0.6) is 11.5 Å². The lowest BCUT2D eigenvalue weighted by molar-refractivity contribution is -0.272. The molecular weight excluding hydrogens is 898 g/mol. The summed E-state index contributed by atoms with van der Waals surface area (Å²) in [5.74, 6) is -14.7. The quantitative estimate of drug-likeness (QED) is 0.00932. The molecule has 4 rings (SSSR count). The lowest BCUT2D eigenvalue weighted by atomic mass is 9.97. The van der Waals surface area contributed by atoms with Crippen LogP contribution in [0.2, 0.25) is 0 Å². The van der Waals surface area contributed by atoms with Gasteiger partial charge in [0.2, 0.25) is 41.1 Å². The number of carbonyl (C=O) groups is 1. The first kappa shape index (κ1) is 51.4. The Morgan fingerprint density at radius 3 is 2.02 bits per heavy atom. The molecule has 1 aliphatic heterocycles. The molecule has 26 heteroatoms. The van der Waals surface area contributed by atoms with Crippen molar-refractivity contribution in [2.75, 3.05) is 70.5 Å². The predicted octanol–water partition coefficient (Wildman–Crippen LogP) is 1.81. The second-order valence-electron chi connectivity index (χ2n) is 13.6. The Hall–Kier alpha value is -4.22. The lowest BCUT2D eigenvalue weighted by Gasteiger charge is -2.40. The highest BCUT2D eigenvalue weighted by molar-refractivity contribution is 7.85. The van der Waals surface area contributed by atoms with E-state index in [2.05, 4.69) is 25.7 Å². The summed E-state index contributed by atoms with van der Waals surface area (Å²) in [6, 6.07) is 6.41. The Morgan fingerprint density at radius 1 is 0.810 bits per heavy atom. The molecule has 1 aromatic heterocycles. The third kappa shape index (κ3) is 17.4. The summed E-state index contributed by atoms with van der Waals surface area (Å²) in [7, 11) is -4.34. The molecule has 19 nitrogen and oxygen atoms in total. The van der Waals surface area contributed by atoms with Crippen molar-refractivity contribution in [1.82, 2.24) is 20.3 Å². The molecule has 352 valence electrons. The average molecular weight is 946 g/mol. The smallest absolute Gasteiger partial charge is 0.313 e. The van der Waals surface area contributed by atoms with Crippen molar-refractivity contribution in [1.29, 1.82) is 0 Å². The van der Waals surface area contributed by atoms with Gasteiger partial charge in [-0.05, 0) is 62.2 Å². The number of benzene rings is 2. The van der Waals surface area contributed by atoms with Crippen LogP contribution in [-0.2, 0) is 51.6 Å². The Labute approximate surface area is 363 Å². The number of rotatable bonds is 27. The third-order valence-electron chi connectivity index (χ3n) is 8.84. The van der Waals surface area contributed by atoms with Crippen LogP contribution in [0.3, 0.4) is 0 Å². The van der Waals surface area contributed by atoms with Crippen LogP contribution in [-0.4, -0.2) is 150 Å². The highest BCUT2D eigenvalue weighted by Gasteiger charge is 2.45. The first-order valence-corrected chi connectivity index (χ1v) is 21.4. The average Bonchev–Trinajstić information content (AvgIpc) is 3.71. The van der Waals surface area contributed by atoms with Gasteiger partial charge in [0, 0.05) is 18.4 Å². The summed E-state index contributed by atoms with van der Waals surface area (Å²) in [6.07, 6.45) is -4.21. The predicted molar refractivity (Wildman–Crippen MR) is 212 cm³/mol. The fraction of sp³-hybridized carbons (Fsp3) is 0.568. The minimum absolute atomic E-state index is 0.0523. The number of thiocarbonyl (C=S) groups is 1.